The van der Waals surface area contributed by atoms with Gasteiger partial charge in [-0.15, -0.1) is 0 Å². The Bertz CT molecular complexity index is 332. The molecule has 14 heavy (non-hydrogen) atoms. The maximum Gasteiger partial charge on any atom is 0.319 e. The highest BCUT2D eigenvalue weighted by atomic mass is 16.6. The van der Waals surface area contributed by atoms with Crippen molar-refractivity contribution in [3.8, 4) is 0 Å². The summed E-state index contributed by atoms with van der Waals surface area (Å²) in [5, 5.41) is 20.4. The number of hydrogen-bond donors (Lipinski definition) is 1. The number of hydrogen-bond acceptors (Lipinski definition) is 6. The minimum atomic E-state index is -0.913. The zero-order valence-corrected chi connectivity index (χ0v) is 7.00. The molecule has 0 bridgehead atoms. The van der Waals surface area contributed by atoms with Gasteiger partial charge >= 0.3 is 5.70 Å². The molecular weight excluding hydrogens is 194 g/mol. The highest BCUT2D eigenvalue weighted by Crippen LogP contribution is 2.10. The van der Waals surface area contributed by atoms with Crippen LogP contribution in [-0.2, 0) is 4.84 Å². The third-order valence-corrected chi connectivity index (χ3v) is 1.16. The molecule has 0 fully saturated rings. The molecule has 0 amide bonds. The summed E-state index contributed by atoms with van der Waals surface area (Å²) >= 11 is 0. The Kier molecular flexibility index (Phi) is 3.97. The monoisotopic (exact) mass is 201 g/mol. The minimum Gasteiger partial charge on any atom is -0.405 e. The third kappa shape index (κ3) is 3.03. The highest BCUT2D eigenvalue weighted by Gasteiger charge is 2.20. The molecular formula is C6H7N3O5. The maximum absolute atomic E-state index is 10.3. The standard InChI is InChI=1S/C6H7N3O5/c1-4(8(10)11)3-6(9(12)13)5(2)14-7/h3H,1-2,7H2/b6-3+. The lowest BCUT2D eigenvalue weighted by molar-refractivity contribution is -0.433. The Morgan fingerprint density at radius 3 is 2.07 bits per heavy atom. The molecule has 0 aliphatic rings. The second-order valence-electron chi connectivity index (χ2n) is 2.08. The molecule has 8 heteroatoms. The molecule has 0 aromatic heterocycles. The van der Waals surface area contributed by atoms with Crippen molar-refractivity contribution in [3.63, 3.8) is 0 Å². The van der Waals surface area contributed by atoms with Gasteiger partial charge in [-0.05, 0) is 13.2 Å². The van der Waals surface area contributed by atoms with Gasteiger partial charge in [0, 0.05) is 0 Å². The summed E-state index contributed by atoms with van der Waals surface area (Å²) in [5.74, 6) is 4.13. The van der Waals surface area contributed by atoms with E-state index in [0.29, 0.717) is 6.08 Å². The van der Waals surface area contributed by atoms with E-state index < -0.39 is 27.0 Å². The van der Waals surface area contributed by atoms with Crippen LogP contribution >= 0.6 is 0 Å². The second kappa shape index (κ2) is 4.72. The quantitative estimate of drug-likeness (QED) is 0.296. The first-order valence-electron chi connectivity index (χ1n) is 3.15. The van der Waals surface area contributed by atoms with Crippen molar-refractivity contribution in [3.05, 3.63) is 56.6 Å². The van der Waals surface area contributed by atoms with E-state index in [0.717, 1.165) is 0 Å². The molecule has 0 saturated carbocycles. The molecule has 0 rings (SSSR count). The molecule has 2 N–H and O–H groups in total. The van der Waals surface area contributed by atoms with Crippen molar-refractivity contribution in [1.29, 1.82) is 0 Å². The minimum absolute atomic E-state index is 0.488. The fraction of sp³-hybridized carbons (Fsp3) is 0. The van der Waals surface area contributed by atoms with Crippen LogP contribution in [0.5, 0.6) is 0 Å². The normalized spacial score (nSPS) is 10.5. The number of allylic oxidation sites excluding steroid dienone is 1. The summed E-state index contributed by atoms with van der Waals surface area (Å²) < 4.78 is 0. The van der Waals surface area contributed by atoms with Gasteiger partial charge in [-0.3, -0.25) is 20.2 Å². The van der Waals surface area contributed by atoms with E-state index in [4.69, 9.17) is 0 Å². The molecule has 0 radical (unpaired) electrons. The third-order valence-electron chi connectivity index (χ3n) is 1.16. The van der Waals surface area contributed by atoms with E-state index in [1.54, 1.807) is 0 Å². The summed E-state index contributed by atoms with van der Waals surface area (Å²) in [4.78, 5) is 22.6. The van der Waals surface area contributed by atoms with Crippen LogP contribution in [0, 0.1) is 20.2 Å². The topological polar surface area (TPSA) is 122 Å². The molecule has 76 valence electrons. The molecule has 0 spiro atoms. The largest absolute Gasteiger partial charge is 0.405 e. The first-order chi connectivity index (χ1) is 6.40. The van der Waals surface area contributed by atoms with Crippen LogP contribution in [0.3, 0.4) is 0 Å². The first-order valence-corrected chi connectivity index (χ1v) is 3.15. The fourth-order valence-corrected chi connectivity index (χ4v) is 0.506. The van der Waals surface area contributed by atoms with Crippen LogP contribution in [0.4, 0.5) is 0 Å². The second-order valence-corrected chi connectivity index (χ2v) is 2.08. The maximum atomic E-state index is 10.3. The molecule has 0 atom stereocenters. The van der Waals surface area contributed by atoms with Crippen molar-refractivity contribution >= 4 is 0 Å². The van der Waals surface area contributed by atoms with Crippen LogP contribution in [0.25, 0.3) is 0 Å². The Balaban J connectivity index is 5.02. The van der Waals surface area contributed by atoms with Crippen LogP contribution in [0.15, 0.2) is 36.4 Å². The lowest BCUT2D eigenvalue weighted by Crippen LogP contribution is -2.09. The number of rotatable bonds is 5. The summed E-state index contributed by atoms with van der Waals surface area (Å²) in [6, 6.07) is 0. The molecule has 0 aromatic rings. The highest BCUT2D eigenvalue weighted by molar-refractivity contribution is 5.22. The number of nitro groups is 2. The molecule has 0 aliphatic carbocycles. The Hall–Kier alpha value is -2.22. The lowest BCUT2D eigenvalue weighted by atomic mass is 10.3. The van der Waals surface area contributed by atoms with Crippen LogP contribution in [0.1, 0.15) is 0 Å². The fourth-order valence-electron chi connectivity index (χ4n) is 0.506. The van der Waals surface area contributed by atoms with Crippen molar-refractivity contribution < 1.29 is 14.7 Å². The smallest absolute Gasteiger partial charge is 0.319 e. The first kappa shape index (κ1) is 11.8. The Morgan fingerprint density at radius 2 is 1.79 bits per heavy atom. The van der Waals surface area contributed by atoms with E-state index in [9.17, 15) is 20.2 Å². The van der Waals surface area contributed by atoms with E-state index in [2.05, 4.69) is 23.9 Å². The van der Waals surface area contributed by atoms with Gasteiger partial charge in [0.2, 0.25) is 5.76 Å². The van der Waals surface area contributed by atoms with Gasteiger partial charge in [0.05, 0.1) is 15.9 Å². The zero-order valence-electron chi connectivity index (χ0n) is 7.00. The van der Waals surface area contributed by atoms with Crippen molar-refractivity contribution in [2.24, 2.45) is 5.90 Å². The van der Waals surface area contributed by atoms with Crippen molar-refractivity contribution in [2.75, 3.05) is 0 Å². The van der Waals surface area contributed by atoms with Crippen LogP contribution in [0.2, 0.25) is 0 Å². The SMILES string of the molecule is C=C(ON)/C(=C\C(=C)[N+](=O)[O-])[N+](=O)[O-]. The van der Waals surface area contributed by atoms with Gasteiger partial charge in [-0.25, -0.2) is 0 Å². The van der Waals surface area contributed by atoms with Crippen molar-refractivity contribution in [2.45, 2.75) is 0 Å². The molecule has 0 saturated heterocycles. The van der Waals surface area contributed by atoms with E-state index >= 15 is 0 Å². The van der Waals surface area contributed by atoms with E-state index in [1.807, 2.05) is 0 Å². The molecule has 0 unspecified atom stereocenters. The number of nitrogens with zero attached hydrogens (tertiary/aromatic N) is 2. The summed E-state index contributed by atoms with van der Waals surface area (Å²) in [5.41, 5.74) is -1.37. The summed E-state index contributed by atoms with van der Waals surface area (Å²) in [7, 11) is 0. The van der Waals surface area contributed by atoms with E-state index in [1.165, 1.54) is 0 Å². The van der Waals surface area contributed by atoms with E-state index in [-0.39, 0.29) is 0 Å². The van der Waals surface area contributed by atoms with Crippen LogP contribution in [-0.4, -0.2) is 9.85 Å². The Labute approximate surface area is 78.2 Å². The Morgan fingerprint density at radius 1 is 1.29 bits per heavy atom. The lowest BCUT2D eigenvalue weighted by Gasteiger charge is -1.98. The van der Waals surface area contributed by atoms with Gasteiger partial charge in [0.1, 0.15) is 0 Å². The summed E-state index contributed by atoms with van der Waals surface area (Å²) in [6.07, 6.45) is 0.606. The van der Waals surface area contributed by atoms with Gasteiger partial charge in [0.25, 0.3) is 5.70 Å². The average Bonchev–Trinajstić information content (AvgIpc) is 2.11. The zero-order chi connectivity index (χ0) is 11.3. The molecule has 0 aromatic carbocycles. The predicted molar refractivity (Wildman–Crippen MR) is 45.6 cm³/mol. The summed E-state index contributed by atoms with van der Waals surface area (Å²) in [6.45, 7) is 6.06. The average molecular weight is 201 g/mol. The van der Waals surface area contributed by atoms with Crippen LogP contribution < -0.4 is 5.90 Å². The van der Waals surface area contributed by atoms with Gasteiger partial charge in [-0.2, -0.15) is 5.90 Å². The molecule has 0 aliphatic heterocycles. The molecule has 0 heterocycles. The molecule has 8 nitrogen and oxygen atoms in total. The number of nitrogens with two attached hydrogens (primary N) is 1. The van der Waals surface area contributed by atoms with Gasteiger partial charge < -0.3 is 4.84 Å². The predicted octanol–water partition coefficient (Wildman–Crippen LogP) is 0.341. The van der Waals surface area contributed by atoms with Crippen molar-refractivity contribution in [1.82, 2.24) is 0 Å². The van der Waals surface area contributed by atoms with Gasteiger partial charge in [0.15, 0.2) is 0 Å². The van der Waals surface area contributed by atoms with Gasteiger partial charge in [-0.1, -0.05) is 0 Å².